The minimum Gasteiger partial charge on any atom is -0.400 e. The Morgan fingerprint density at radius 3 is 1.72 bits per heavy atom. The Morgan fingerprint density at radius 1 is 0.944 bits per heavy atom. The van der Waals surface area contributed by atoms with Gasteiger partial charge in [0.25, 0.3) is 0 Å². The van der Waals surface area contributed by atoms with Gasteiger partial charge in [-0.1, -0.05) is 0 Å². The Balaban J connectivity index is 0.000000180. The number of anilines is 3. The van der Waals surface area contributed by atoms with Gasteiger partial charge in [0, 0.05) is 5.70 Å². The van der Waals surface area contributed by atoms with Crippen LogP contribution < -0.4 is 40.2 Å². The van der Waals surface area contributed by atoms with Crippen LogP contribution in [0, 0.1) is 0 Å². The zero-order chi connectivity index (χ0) is 13.7. The van der Waals surface area contributed by atoms with Crippen LogP contribution in [0.5, 0.6) is 0 Å². The maximum absolute atomic E-state index is 5.39. The fraction of sp³-hybridized carbons (Fsp3) is 0.167. The molecule has 1 aliphatic heterocycles. The Hall–Kier alpha value is -2.41. The lowest BCUT2D eigenvalue weighted by Gasteiger charge is -2.28. The maximum Gasteiger partial charge on any atom is 0.226 e. The predicted octanol–water partition coefficient (Wildman–Crippen LogP) is -3.81. The second kappa shape index (κ2) is 5.78. The summed E-state index contributed by atoms with van der Waals surface area (Å²) in [7, 11) is 0. The molecule has 1 aromatic heterocycles. The fourth-order valence-electron chi connectivity index (χ4n) is 1.06. The summed E-state index contributed by atoms with van der Waals surface area (Å²) in [4.78, 5) is 10.5. The van der Waals surface area contributed by atoms with Crippen molar-refractivity contribution in [3.05, 3.63) is 11.9 Å². The van der Waals surface area contributed by atoms with Crippen LogP contribution in [0.1, 0.15) is 0 Å². The van der Waals surface area contributed by atoms with Gasteiger partial charge in [-0.25, -0.2) is 11.0 Å². The van der Waals surface area contributed by atoms with E-state index >= 15 is 0 Å². The molecule has 0 unspecified atom stereocenters. The van der Waals surface area contributed by atoms with Crippen LogP contribution in [0.25, 0.3) is 0 Å². The average molecular weight is 256 g/mol. The molecule has 2 rings (SSSR count). The van der Waals surface area contributed by atoms with Crippen LogP contribution >= 0.6 is 0 Å². The fourth-order valence-corrected chi connectivity index (χ4v) is 1.06. The summed E-state index contributed by atoms with van der Waals surface area (Å²) in [6.45, 7) is 0.480. The van der Waals surface area contributed by atoms with Crippen molar-refractivity contribution in [2.75, 3.05) is 23.7 Å². The molecule has 0 saturated heterocycles. The zero-order valence-electron chi connectivity index (χ0n) is 9.48. The number of nitrogens with two attached hydrogens (primary N) is 6. The lowest BCUT2D eigenvalue weighted by molar-refractivity contribution is 0.0489. The third kappa shape index (κ3) is 4.62. The molecule has 12 nitrogen and oxygen atoms in total. The highest BCUT2D eigenvalue weighted by molar-refractivity contribution is 5.33. The molecule has 0 bridgehead atoms. The Bertz CT molecular complexity index is 378. The summed E-state index contributed by atoms with van der Waals surface area (Å²) in [5.41, 5.74) is 24.0. The van der Waals surface area contributed by atoms with Crippen molar-refractivity contribution in [1.82, 2.24) is 30.7 Å². The molecule has 0 radical (unpaired) electrons. The highest BCUT2D eigenvalue weighted by Crippen LogP contribution is 1.97. The molecule has 0 atom stereocenters. The van der Waals surface area contributed by atoms with Gasteiger partial charge in [-0.2, -0.15) is 20.1 Å². The van der Waals surface area contributed by atoms with Gasteiger partial charge in [0.1, 0.15) is 0 Å². The van der Waals surface area contributed by atoms with Gasteiger partial charge in [-0.3, -0.25) is 5.84 Å². The number of hydrogen-bond acceptors (Lipinski definition) is 12. The summed E-state index contributed by atoms with van der Waals surface area (Å²) in [5.74, 6) is 10.7. The van der Waals surface area contributed by atoms with Crippen LogP contribution in [0.4, 0.5) is 17.8 Å². The van der Waals surface area contributed by atoms with E-state index in [1.165, 1.54) is 10.2 Å². The quantitative estimate of drug-likeness (QED) is 0.222. The standard InChI is InChI=1S/C3H6N6.C3H10N6/c4-1-7-2(5)9-3(6)8-1;4-3-1-8(5)7-9(6)2-3/h(H6,4,5,6,7,8,9);1,7H,2,4-6H2. The third-order valence-electron chi connectivity index (χ3n) is 1.59. The number of nitrogen functional groups attached to an aromatic ring is 3. The van der Waals surface area contributed by atoms with Crippen LogP contribution in [0.15, 0.2) is 11.9 Å². The summed E-state index contributed by atoms with van der Waals surface area (Å²) in [6.07, 6.45) is 1.56. The van der Waals surface area contributed by atoms with E-state index < -0.39 is 0 Å². The highest BCUT2D eigenvalue weighted by atomic mass is 15.9. The zero-order valence-corrected chi connectivity index (χ0v) is 9.48. The molecule has 2 heterocycles. The van der Waals surface area contributed by atoms with E-state index in [1.54, 1.807) is 6.20 Å². The van der Waals surface area contributed by atoms with Crippen molar-refractivity contribution in [2.45, 2.75) is 0 Å². The molecule has 0 spiro atoms. The number of hydrazine groups is 4. The van der Waals surface area contributed by atoms with E-state index in [2.05, 4.69) is 20.5 Å². The van der Waals surface area contributed by atoms with Gasteiger partial charge in [-0.15, -0.1) is 5.53 Å². The second-order valence-corrected chi connectivity index (χ2v) is 3.25. The topological polar surface area (TPSA) is 213 Å². The van der Waals surface area contributed by atoms with Crippen molar-refractivity contribution in [3.8, 4) is 0 Å². The van der Waals surface area contributed by atoms with E-state index in [-0.39, 0.29) is 17.8 Å². The summed E-state index contributed by atoms with van der Waals surface area (Å²) in [5, 5.41) is 2.48. The lowest BCUT2D eigenvalue weighted by Crippen LogP contribution is -2.58. The molecular formula is C6H16N12. The molecule has 0 amide bonds. The first-order valence-electron chi connectivity index (χ1n) is 4.68. The van der Waals surface area contributed by atoms with Crippen molar-refractivity contribution < 1.29 is 0 Å². The first-order chi connectivity index (χ1) is 8.36. The van der Waals surface area contributed by atoms with Gasteiger partial charge in [0.15, 0.2) is 0 Å². The maximum atomic E-state index is 5.39. The van der Waals surface area contributed by atoms with Crippen LogP contribution in [0.2, 0.25) is 0 Å². The van der Waals surface area contributed by atoms with Crippen molar-refractivity contribution in [2.24, 2.45) is 17.4 Å². The number of nitrogens with one attached hydrogen (secondary N) is 1. The molecule has 18 heavy (non-hydrogen) atoms. The molecule has 0 saturated carbocycles. The first-order valence-corrected chi connectivity index (χ1v) is 4.68. The highest BCUT2D eigenvalue weighted by Gasteiger charge is 2.07. The number of rotatable bonds is 0. The van der Waals surface area contributed by atoms with Gasteiger partial charge >= 0.3 is 0 Å². The Kier molecular flexibility index (Phi) is 4.39. The number of hydrogen-bond donors (Lipinski definition) is 7. The number of nitrogens with zero attached hydrogens (tertiary/aromatic N) is 5. The predicted molar refractivity (Wildman–Crippen MR) is 65.4 cm³/mol. The Labute approximate surface area is 102 Å². The van der Waals surface area contributed by atoms with E-state index in [0.29, 0.717) is 12.2 Å². The van der Waals surface area contributed by atoms with Crippen molar-refractivity contribution >= 4 is 17.8 Å². The molecule has 0 aromatic carbocycles. The van der Waals surface area contributed by atoms with Gasteiger partial charge in [0.2, 0.25) is 17.8 Å². The van der Waals surface area contributed by atoms with Crippen LogP contribution in [0.3, 0.4) is 0 Å². The number of aromatic nitrogens is 3. The first kappa shape index (κ1) is 13.7. The van der Waals surface area contributed by atoms with Gasteiger partial charge in [-0.05, 0) is 0 Å². The van der Waals surface area contributed by atoms with E-state index in [4.69, 9.17) is 34.6 Å². The SMILES string of the molecule is NC1=CN(N)NN(N)C1.Nc1nc(N)nc(N)n1. The monoisotopic (exact) mass is 256 g/mol. The molecule has 13 N–H and O–H groups in total. The van der Waals surface area contributed by atoms with E-state index in [1.807, 2.05) is 0 Å². The summed E-state index contributed by atoms with van der Waals surface area (Å²) in [6, 6.07) is 0. The molecular weight excluding hydrogens is 240 g/mol. The molecule has 12 heteroatoms. The minimum atomic E-state index is 0.0417. The van der Waals surface area contributed by atoms with E-state index in [0.717, 1.165) is 0 Å². The summed E-state index contributed by atoms with van der Waals surface area (Å²) >= 11 is 0. The molecule has 0 aliphatic carbocycles. The average Bonchev–Trinajstić information content (AvgIpc) is 2.12. The largest absolute Gasteiger partial charge is 0.400 e. The van der Waals surface area contributed by atoms with Crippen molar-refractivity contribution in [3.63, 3.8) is 0 Å². The summed E-state index contributed by atoms with van der Waals surface area (Å²) < 4.78 is 0. The van der Waals surface area contributed by atoms with Crippen LogP contribution in [-0.2, 0) is 0 Å². The third-order valence-corrected chi connectivity index (χ3v) is 1.59. The van der Waals surface area contributed by atoms with Crippen LogP contribution in [-0.4, -0.2) is 31.7 Å². The minimum absolute atomic E-state index is 0.0417. The van der Waals surface area contributed by atoms with E-state index in [9.17, 15) is 0 Å². The normalized spacial score (nSPS) is 15.7. The molecule has 0 fully saturated rings. The molecule has 1 aliphatic rings. The van der Waals surface area contributed by atoms with Gasteiger partial charge in [0.05, 0.1) is 12.7 Å². The lowest BCUT2D eigenvalue weighted by atomic mass is 10.5. The second-order valence-electron chi connectivity index (χ2n) is 3.25. The smallest absolute Gasteiger partial charge is 0.226 e. The molecule has 1 aromatic rings. The van der Waals surface area contributed by atoms with Gasteiger partial charge < -0.3 is 22.9 Å². The molecule has 100 valence electrons. The van der Waals surface area contributed by atoms with Crippen molar-refractivity contribution in [1.29, 1.82) is 0 Å². The Morgan fingerprint density at radius 2 is 1.39 bits per heavy atom.